The molecule has 0 unspecified atom stereocenters. The molecule has 1 aromatic carbocycles. The molecule has 2 rings (SSSR count). The summed E-state index contributed by atoms with van der Waals surface area (Å²) >= 11 is 6.01. The minimum absolute atomic E-state index is 0.115. The summed E-state index contributed by atoms with van der Waals surface area (Å²) in [6.07, 6.45) is 1.90. The lowest BCUT2D eigenvalue weighted by molar-refractivity contribution is -0.120. The maximum absolute atomic E-state index is 11.8. The average Bonchev–Trinajstić information content (AvgIpc) is 2.54. The predicted octanol–water partition coefficient (Wildman–Crippen LogP) is 2.78. The van der Waals surface area contributed by atoms with E-state index >= 15 is 0 Å². The molecule has 5 heteroatoms. The molecule has 2 aromatic rings. The number of halogens is 1. The Hall–Kier alpha value is -2.51. The molecule has 0 aliphatic heterocycles. The standard InChI is InChI=1S/C18H17ClN2O2/c1-14-8-9-16(13-21-14)23-11-5-4-10-20-18(22)12-15-6-2-3-7-17(15)19/h2-3,6-9,13H,10-12H2,1H3,(H,20,22). The molecule has 23 heavy (non-hydrogen) atoms. The van der Waals surface area contributed by atoms with Crippen LogP contribution in [0.1, 0.15) is 11.3 Å². The van der Waals surface area contributed by atoms with Crippen molar-refractivity contribution in [1.82, 2.24) is 10.3 Å². The Bertz CT molecular complexity index is 718. The number of amides is 1. The van der Waals surface area contributed by atoms with E-state index in [0.29, 0.717) is 10.8 Å². The van der Waals surface area contributed by atoms with E-state index in [1.807, 2.05) is 37.3 Å². The summed E-state index contributed by atoms with van der Waals surface area (Å²) in [6.45, 7) is 2.44. The van der Waals surface area contributed by atoms with Gasteiger partial charge in [0, 0.05) is 10.7 Å². The van der Waals surface area contributed by atoms with Crippen LogP contribution in [0.4, 0.5) is 0 Å². The molecule has 1 aromatic heterocycles. The van der Waals surface area contributed by atoms with Crippen molar-refractivity contribution in [2.24, 2.45) is 0 Å². The van der Waals surface area contributed by atoms with Crippen molar-refractivity contribution in [2.45, 2.75) is 13.3 Å². The number of nitrogens with one attached hydrogen (secondary N) is 1. The van der Waals surface area contributed by atoms with Gasteiger partial charge in [-0.15, -0.1) is 0 Å². The van der Waals surface area contributed by atoms with Gasteiger partial charge in [0.1, 0.15) is 12.4 Å². The summed E-state index contributed by atoms with van der Waals surface area (Å²) in [7, 11) is 0. The zero-order valence-electron chi connectivity index (χ0n) is 12.8. The monoisotopic (exact) mass is 328 g/mol. The maximum atomic E-state index is 11.8. The molecule has 0 fully saturated rings. The molecule has 0 aliphatic rings. The van der Waals surface area contributed by atoms with Gasteiger partial charge in [-0.1, -0.05) is 41.6 Å². The molecule has 0 bridgehead atoms. The Morgan fingerprint density at radius 3 is 2.83 bits per heavy atom. The largest absolute Gasteiger partial charge is 0.479 e. The molecule has 0 saturated heterocycles. The van der Waals surface area contributed by atoms with Crippen LogP contribution in [0.3, 0.4) is 0 Å². The highest BCUT2D eigenvalue weighted by molar-refractivity contribution is 6.31. The highest BCUT2D eigenvalue weighted by Crippen LogP contribution is 2.15. The van der Waals surface area contributed by atoms with Crippen LogP contribution >= 0.6 is 11.6 Å². The zero-order valence-corrected chi connectivity index (χ0v) is 13.6. The van der Waals surface area contributed by atoms with Crippen LogP contribution in [0.15, 0.2) is 42.6 Å². The van der Waals surface area contributed by atoms with Crippen LogP contribution in [0, 0.1) is 18.8 Å². The number of carbonyl (C=O) groups excluding carboxylic acids is 1. The number of hydrogen-bond donors (Lipinski definition) is 1. The summed E-state index contributed by atoms with van der Waals surface area (Å²) in [6, 6.07) is 11.0. The van der Waals surface area contributed by atoms with E-state index in [9.17, 15) is 4.79 Å². The SMILES string of the molecule is Cc1ccc(OCC#CCNC(=O)Cc2ccccc2Cl)cn1. The summed E-state index contributed by atoms with van der Waals surface area (Å²) < 4.78 is 5.41. The van der Waals surface area contributed by atoms with Gasteiger partial charge in [0.25, 0.3) is 0 Å². The highest BCUT2D eigenvalue weighted by atomic mass is 35.5. The van der Waals surface area contributed by atoms with Crippen molar-refractivity contribution < 1.29 is 9.53 Å². The Balaban J connectivity index is 1.68. The summed E-state index contributed by atoms with van der Waals surface area (Å²) in [5.74, 6) is 6.24. The van der Waals surface area contributed by atoms with Gasteiger partial charge in [-0.3, -0.25) is 9.78 Å². The maximum Gasteiger partial charge on any atom is 0.225 e. The summed E-state index contributed by atoms with van der Waals surface area (Å²) in [4.78, 5) is 15.9. The van der Waals surface area contributed by atoms with Crippen molar-refractivity contribution in [3.8, 4) is 17.6 Å². The van der Waals surface area contributed by atoms with Crippen molar-refractivity contribution in [2.75, 3.05) is 13.2 Å². The third-order valence-corrected chi connectivity index (χ3v) is 3.37. The Labute approximate surface area is 140 Å². The fraction of sp³-hybridized carbons (Fsp3) is 0.222. The molecule has 1 N–H and O–H groups in total. The second-order valence-electron chi connectivity index (χ2n) is 4.82. The van der Waals surface area contributed by atoms with Crippen LogP contribution in [0.5, 0.6) is 5.75 Å². The molecule has 1 amide bonds. The van der Waals surface area contributed by atoms with Gasteiger partial charge >= 0.3 is 0 Å². The molecule has 4 nitrogen and oxygen atoms in total. The highest BCUT2D eigenvalue weighted by Gasteiger charge is 2.04. The number of ether oxygens (including phenoxy) is 1. The van der Waals surface area contributed by atoms with E-state index in [0.717, 1.165) is 11.3 Å². The van der Waals surface area contributed by atoms with E-state index in [-0.39, 0.29) is 25.5 Å². The van der Waals surface area contributed by atoms with Gasteiger partial charge in [-0.2, -0.15) is 0 Å². The van der Waals surface area contributed by atoms with Gasteiger partial charge in [-0.05, 0) is 30.7 Å². The normalized spacial score (nSPS) is 9.65. The molecule has 0 aliphatic carbocycles. The lowest BCUT2D eigenvalue weighted by atomic mass is 10.1. The zero-order chi connectivity index (χ0) is 16.5. The third-order valence-electron chi connectivity index (χ3n) is 3.00. The topological polar surface area (TPSA) is 51.2 Å². The van der Waals surface area contributed by atoms with Gasteiger partial charge in [0.2, 0.25) is 5.91 Å². The molecular formula is C18H17ClN2O2. The number of rotatable bonds is 5. The smallest absolute Gasteiger partial charge is 0.225 e. The van der Waals surface area contributed by atoms with E-state index in [1.165, 1.54) is 0 Å². The lowest BCUT2D eigenvalue weighted by Gasteiger charge is -2.03. The van der Waals surface area contributed by atoms with Crippen molar-refractivity contribution in [1.29, 1.82) is 0 Å². The van der Waals surface area contributed by atoms with Crippen molar-refractivity contribution >= 4 is 17.5 Å². The minimum Gasteiger partial charge on any atom is -0.479 e. The first kappa shape index (κ1) is 16.9. The number of hydrogen-bond acceptors (Lipinski definition) is 3. The van der Waals surface area contributed by atoms with Crippen molar-refractivity contribution in [3.63, 3.8) is 0 Å². The number of nitrogens with zero attached hydrogens (tertiary/aromatic N) is 1. The fourth-order valence-corrected chi connectivity index (χ4v) is 2.00. The lowest BCUT2D eigenvalue weighted by Crippen LogP contribution is -2.25. The number of benzene rings is 1. The third kappa shape index (κ3) is 6.01. The van der Waals surface area contributed by atoms with E-state index in [1.54, 1.807) is 12.3 Å². The molecule has 0 radical (unpaired) electrons. The Morgan fingerprint density at radius 2 is 2.09 bits per heavy atom. The van der Waals surface area contributed by atoms with Crippen LogP contribution in [0.2, 0.25) is 5.02 Å². The van der Waals surface area contributed by atoms with Gasteiger partial charge in [0.05, 0.1) is 19.2 Å². The van der Waals surface area contributed by atoms with Gasteiger partial charge in [0.15, 0.2) is 0 Å². The molecular weight excluding hydrogens is 312 g/mol. The number of aryl methyl sites for hydroxylation is 1. The quantitative estimate of drug-likeness (QED) is 0.859. The molecule has 118 valence electrons. The molecule has 0 atom stereocenters. The van der Waals surface area contributed by atoms with E-state index in [4.69, 9.17) is 16.3 Å². The average molecular weight is 329 g/mol. The summed E-state index contributed by atoms with van der Waals surface area (Å²) in [5, 5.41) is 3.32. The van der Waals surface area contributed by atoms with Crippen LogP contribution in [-0.2, 0) is 11.2 Å². The van der Waals surface area contributed by atoms with Gasteiger partial charge < -0.3 is 10.1 Å². The van der Waals surface area contributed by atoms with E-state index in [2.05, 4.69) is 22.1 Å². The first-order valence-electron chi connectivity index (χ1n) is 7.16. The number of carbonyl (C=O) groups is 1. The molecule has 0 saturated carbocycles. The fourth-order valence-electron chi connectivity index (χ4n) is 1.79. The van der Waals surface area contributed by atoms with Crippen LogP contribution in [-0.4, -0.2) is 24.0 Å². The van der Waals surface area contributed by atoms with E-state index < -0.39 is 0 Å². The number of pyridine rings is 1. The van der Waals surface area contributed by atoms with Crippen molar-refractivity contribution in [3.05, 3.63) is 58.9 Å². The second-order valence-corrected chi connectivity index (χ2v) is 5.23. The first-order chi connectivity index (χ1) is 11.1. The predicted molar refractivity (Wildman–Crippen MR) is 90.4 cm³/mol. The van der Waals surface area contributed by atoms with Gasteiger partial charge in [-0.25, -0.2) is 0 Å². The first-order valence-corrected chi connectivity index (χ1v) is 7.54. The van der Waals surface area contributed by atoms with Crippen LogP contribution < -0.4 is 10.1 Å². The Kier molecular flexibility index (Phi) is 6.46. The second kappa shape index (κ2) is 8.82. The molecule has 1 heterocycles. The molecule has 0 spiro atoms. The summed E-state index contributed by atoms with van der Waals surface area (Å²) in [5.41, 5.74) is 1.74. The van der Waals surface area contributed by atoms with Crippen LogP contribution in [0.25, 0.3) is 0 Å². The Morgan fingerprint density at radius 1 is 1.26 bits per heavy atom. The minimum atomic E-state index is -0.115. The number of aromatic nitrogens is 1.